The second kappa shape index (κ2) is 12.5. The van der Waals surface area contributed by atoms with Crippen molar-refractivity contribution < 1.29 is 14.0 Å². The van der Waals surface area contributed by atoms with Crippen molar-refractivity contribution in [2.24, 2.45) is 0 Å². The molecule has 0 saturated carbocycles. The highest BCUT2D eigenvalue weighted by Crippen LogP contribution is 2.58. The van der Waals surface area contributed by atoms with Gasteiger partial charge in [-0.1, -0.05) is 158 Å². The fourth-order valence-corrected chi connectivity index (χ4v) is 8.52. The Labute approximate surface area is 330 Å². The maximum absolute atomic E-state index is 9.99. The maximum atomic E-state index is 9.99. The Morgan fingerprint density at radius 1 is 0.436 bits per heavy atom. The molecule has 2 heteroatoms. The Morgan fingerprint density at radius 2 is 1.09 bits per heavy atom. The fraction of sp³-hybridized carbons (Fsp3) is 0.0189. The van der Waals surface area contributed by atoms with E-state index in [-0.39, 0.29) is 34.5 Å². The van der Waals surface area contributed by atoms with Gasteiger partial charge in [-0.05, 0) is 110 Å². The summed E-state index contributed by atoms with van der Waals surface area (Å²) in [5.74, 6) is 0. The molecule has 0 bridgehead atoms. The topological polar surface area (TPSA) is 16.4 Å². The molecule has 0 radical (unpaired) electrons. The van der Waals surface area contributed by atoms with Crippen molar-refractivity contribution in [1.82, 2.24) is 0 Å². The molecule has 1 atom stereocenters. The average Bonchev–Trinajstić information content (AvgIpc) is 3.83. The summed E-state index contributed by atoms with van der Waals surface area (Å²) in [7, 11) is 0. The summed E-state index contributed by atoms with van der Waals surface area (Å²) in [4.78, 5) is 2.21. The summed E-state index contributed by atoms with van der Waals surface area (Å²) >= 11 is 0. The molecule has 10 aromatic rings. The van der Waals surface area contributed by atoms with Crippen molar-refractivity contribution in [3.8, 4) is 22.3 Å². The Balaban J connectivity index is 1.22. The van der Waals surface area contributed by atoms with Crippen LogP contribution in [0.5, 0.6) is 0 Å². The minimum Gasteiger partial charge on any atom is -0.456 e. The molecule has 0 amide bonds. The van der Waals surface area contributed by atoms with Gasteiger partial charge in [-0.15, -0.1) is 0 Å². The minimum atomic E-state index is -1.39. The standard InChI is InChI=1S/C53H35NO/c1-3-13-36(14-4-1)38-24-28-43(29-25-38)54(42-17-5-2-6-18-42)44-30-32-50-48(35-44)45-19-9-11-21-49(45)53(50,40-26-23-37-15-7-8-16-39(37)33-40)41-27-31-47-46-20-10-12-22-51(46)55-52(47)34-41/h1-35H/i7D,8D,15D,16D,23D,26D,33D. The van der Waals surface area contributed by atoms with Crippen LogP contribution in [-0.4, -0.2) is 0 Å². The van der Waals surface area contributed by atoms with E-state index in [0.717, 1.165) is 66.8 Å². The van der Waals surface area contributed by atoms with Crippen molar-refractivity contribution in [2.45, 2.75) is 5.41 Å². The molecule has 0 fully saturated rings. The normalized spacial score (nSPS) is 16.4. The lowest BCUT2D eigenvalue weighted by Gasteiger charge is -2.34. The van der Waals surface area contributed by atoms with E-state index in [9.17, 15) is 4.11 Å². The molecule has 0 spiro atoms. The summed E-state index contributed by atoms with van der Waals surface area (Å²) in [6.45, 7) is 0. The van der Waals surface area contributed by atoms with E-state index < -0.39 is 29.6 Å². The Kier molecular flexibility index (Phi) is 5.66. The number of nitrogens with zero attached hydrogens (tertiary/aromatic N) is 1. The molecule has 0 saturated heterocycles. The third-order valence-corrected chi connectivity index (χ3v) is 11.0. The van der Waals surface area contributed by atoms with Gasteiger partial charge in [0.1, 0.15) is 11.2 Å². The largest absolute Gasteiger partial charge is 0.456 e. The lowest BCUT2D eigenvalue weighted by Crippen LogP contribution is -2.28. The lowest BCUT2D eigenvalue weighted by molar-refractivity contribution is 0.665. The zero-order valence-electron chi connectivity index (χ0n) is 36.5. The van der Waals surface area contributed by atoms with Crippen molar-refractivity contribution in [3.63, 3.8) is 0 Å². The average molecular weight is 709 g/mol. The monoisotopic (exact) mass is 708 g/mol. The molecule has 1 aliphatic rings. The molecule has 0 N–H and O–H groups in total. The summed E-state index contributed by atoms with van der Waals surface area (Å²) in [5.41, 5.74) is 9.11. The van der Waals surface area contributed by atoms with Crippen LogP contribution in [0, 0.1) is 0 Å². The first-order valence-electron chi connectivity index (χ1n) is 21.9. The number of hydrogen-bond donors (Lipinski definition) is 0. The van der Waals surface area contributed by atoms with Gasteiger partial charge in [-0.25, -0.2) is 0 Å². The van der Waals surface area contributed by atoms with Crippen LogP contribution in [0.15, 0.2) is 217 Å². The van der Waals surface area contributed by atoms with Gasteiger partial charge in [0.15, 0.2) is 0 Å². The minimum absolute atomic E-state index is 0.0899. The number of benzene rings is 9. The van der Waals surface area contributed by atoms with E-state index >= 15 is 0 Å². The molecule has 1 aliphatic carbocycles. The van der Waals surface area contributed by atoms with Crippen molar-refractivity contribution in [2.75, 3.05) is 4.90 Å². The first-order valence-corrected chi connectivity index (χ1v) is 18.4. The molecule has 9 aromatic carbocycles. The van der Waals surface area contributed by atoms with Crippen molar-refractivity contribution in [3.05, 3.63) is 234 Å². The molecule has 258 valence electrons. The summed E-state index contributed by atoms with van der Waals surface area (Å²) in [6, 6.07) is 54.2. The zero-order chi connectivity index (χ0) is 42.4. The molecule has 2 nitrogen and oxygen atoms in total. The van der Waals surface area contributed by atoms with Gasteiger partial charge in [-0.3, -0.25) is 0 Å². The van der Waals surface area contributed by atoms with Crippen LogP contribution in [0.3, 0.4) is 0 Å². The first kappa shape index (κ1) is 25.0. The van der Waals surface area contributed by atoms with E-state index in [1.807, 2.05) is 103 Å². The van der Waals surface area contributed by atoms with Gasteiger partial charge < -0.3 is 9.32 Å². The predicted octanol–water partition coefficient (Wildman–Crippen LogP) is 14.2. The highest BCUT2D eigenvalue weighted by atomic mass is 16.3. The van der Waals surface area contributed by atoms with Gasteiger partial charge >= 0.3 is 0 Å². The Bertz CT molecular complexity index is 3440. The van der Waals surface area contributed by atoms with Crippen LogP contribution in [0.1, 0.15) is 31.8 Å². The van der Waals surface area contributed by atoms with E-state index in [4.69, 9.17) is 9.90 Å². The number of rotatable bonds is 6. The zero-order valence-corrected chi connectivity index (χ0v) is 29.5. The van der Waals surface area contributed by atoms with E-state index in [1.165, 1.54) is 0 Å². The second-order valence-electron chi connectivity index (χ2n) is 13.9. The van der Waals surface area contributed by atoms with Crippen LogP contribution in [-0.2, 0) is 5.41 Å². The predicted molar refractivity (Wildman–Crippen MR) is 229 cm³/mol. The number of furan rings is 1. The van der Waals surface area contributed by atoms with Gasteiger partial charge in [0, 0.05) is 27.8 Å². The van der Waals surface area contributed by atoms with Gasteiger partial charge in [0.05, 0.1) is 15.0 Å². The van der Waals surface area contributed by atoms with Gasteiger partial charge in [0.25, 0.3) is 0 Å². The maximum Gasteiger partial charge on any atom is 0.135 e. The van der Waals surface area contributed by atoms with Crippen molar-refractivity contribution in [1.29, 1.82) is 0 Å². The molecule has 11 rings (SSSR count). The molecule has 1 aromatic heterocycles. The van der Waals surface area contributed by atoms with Crippen LogP contribution < -0.4 is 4.90 Å². The van der Waals surface area contributed by atoms with Crippen molar-refractivity contribution >= 4 is 49.8 Å². The molecule has 1 heterocycles. The molecular weight excluding hydrogens is 667 g/mol. The SMILES string of the molecule is [2H]c1c([2H])c([2H])c2c([2H])c(C3(c4ccc5c(c4)oc4ccccc45)c4ccccc4-c4cc(N(c5ccccc5)c5ccc(-c6ccccc6)cc5)ccc43)c([2H])c([2H])c2c1[2H]. The highest BCUT2D eigenvalue weighted by molar-refractivity contribution is 6.05. The van der Waals surface area contributed by atoms with E-state index in [1.54, 1.807) is 0 Å². The molecule has 1 unspecified atom stereocenters. The number of anilines is 3. The van der Waals surface area contributed by atoms with Gasteiger partial charge in [0.2, 0.25) is 0 Å². The first-order chi connectivity index (χ1) is 30.2. The van der Waals surface area contributed by atoms with Crippen LogP contribution >= 0.6 is 0 Å². The molecular formula is C53H35NO. The van der Waals surface area contributed by atoms with Crippen LogP contribution in [0.4, 0.5) is 17.1 Å². The lowest BCUT2D eigenvalue weighted by atomic mass is 9.67. The van der Waals surface area contributed by atoms with Crippen LogP contribution in [0.25, 0.3) is 55.0 Å². The fourth-order valence-electron chi connectivity index (χ4n) is 8.52. The van der Waals surface area contributed by atoms with E-state index in [2.05, 4.69) is 71.6 Å². The highest BCUT2D eigenvalue weighted by Gasteiger charge is 2.46. The van der Waals surface area contributed by atoms with Gasteiger partial charge in [-0.2, -0.15) is 0 Å². The Hall–Kier alpha value is -7.16. The number of para-hydroxylation sites is 2. The Morgan fingerprint density at radius 3 is 1.95 bits per heavy atom. The smallest absolute Gasteiger partial charge is 0.135 e. The summed E-state index contributed by atoms with van der Waals surface area (Å²) < 4.78 is 70.6. The second-order valence-corrected chi connectivity index (χ2v) is 13.9. The summed E-state index contributed by atoms with van der Waals surface area (Å²) in [6.07, 6.45) is 0. The number of hydrogen-bond acceptors (Lipinski definition) is 2. The quantitative estimate of drug-likeness (QED) is 0.171. The van der Waals surface area contributed by atoms with E-state index in [0.29, 0.717) is 11.1 Å². The number of fused-ring (bicyclic) bond motifs is 7. The third kappa shape index (κ3) is 4.89. The summed E-state index contributed by atoms with van der Waals surface area (Å²) in [5, 5.41) is 1.63. The molecule has 55 heavy (non-hydrogen) atoms. The third-order valence-electron chi connectivity index (χ3n) is 11.0. The molecule has 0 aliphatic heterocycles. The van der Waals surface area contributed by atoms with Crippen LogP contribution in [0.2, 0.25) is 0 Å².